The lowest BCUT2D eigenvalue weighted by molar-refractivity contribution is 0.145. The van der Waals surface area contributed by atoms with Gasteiger partial charge in [0, 0.05) is 31.7 Å². The maximum absolute atomic E-state index is 13.3. The third kappa shape index (κ3) is 3.68. The van der Waals surface area contributed by atoms with Crippen molar-refractivity contribution in [1.82, 2.24) is 10.2 Å². The molecule has 2 atom stereocenters. The number of benzene rings is 1. The van der Waals surface area contributed by atoms with Gasteiger partial charge in [-0.2, -0.15) is 0 Å². The largest absolute Gasteiger partial charge is 0.489 e. The van der Waals surface area contributed by atoms with Crippen LogP contribution >= 0.6 is 0 Å². The average Bonchev–Trinajstić information content (AvgIpc) is 2.30. The molecule has 100 valence electrons. The van der Waals surface area contributed by atoms with Crippen LogP contribution in [0.15, 0.2) is 24.3 Å². The Balaban J connectivity index is 1.77. The van der Waals surface area contributed by atoms with E-state index in [0.29, 0.717) is 24.4 Å². The molecule has 1 aliphatic heterocycles. The molecule has 3 nitrogen and oxygen atoms in total. The summed E-state index contributed by atoms with van der Waals surface area (Å²) >= 11 is 0. The zero-order chi connectivity index (χ0) is 13.0. The molecule has 1 fully saturated rings. The van der Waals surface area contributed by atoms with Crippen LogP contribution in [0.5, 0.6) is 5.75 Å². The number of nitrogens with one attached hydrogen (secondary N) is 1. The van der Waals surface area contributed by atoms with Crippen LogP contribution in [-0.4, -0.2) is 43.2 Å². The Kier molecular flexibility index (Phi) is 4.55. The van der Waals surface area contributed by atoms with Crippen molar-refractivity contribution in [3.8, 4) is 5.75 Å². The first-order valence-corrected chi connectivity index (χ1v) is 6.51. The van der Waals surface area contributed by atoms with E-state index in [1.54, 1.807) is 18.2 Å². The number of halogens is 1. The molecule has 18 heavy (non-hydrogen) atoms. The lowest BCUT2D eigenvalue weighted by Crippen LogP contribution is -2.54. The van der Waals surface area contributed by atoms with E-state index in [9.17, 15) is 4.39 Å². The van der Waals surface area contributed by atoms with Gasteiger partial charge in [0.1, 0.15) is 6.61 Å². The van der Waals surface area contributed by atoms with E-state index < -0.39 is 0 Å². The number of piperazine rings is 1. The summed E-state index contributed by atoms with van der Waals surface area (Å²) in [4.78, 5) is 2.35. The maximum atomic E-state index is 13.3. The summed E-state index contributed by atoms with van der Waals surface area (Å²) in [6.07, 6.45) is 0. The van der Waals surface area contributed by atoms with E-state index in [1.165, 1.54) is 6.07 Å². The Labute approximate surface area is 108 Å². The monoisotopic (exact) mass is 252 g/mol. The molecule has 4 heteroatoms. The molecule has 1 N–H and O–H groups in total. The Bertz CT molecular complexity index is 376. The predicted molar refractivity (Wildman–Crippen MR) is 70.4 cm³/mol. The Morgan fingerprint density at radius 1 is 1.28 bits per heavy atom. The van der Waals surface area contributed by atoms with E-state index in [-0.39, 0.29) is 5.82 Å². The van der Waals surface area contributed by atoms with Gasteiger partial charge in [0.25, 0.3) is 0 Å². The zero-order valence-electron chi connectivity index (χ0n) is 11.0. The van der Waals surface area contributed by atoms with Gasteiger partial charge in [0.15, 0.2) is 11.6 Å². The summed E-state index contributed by atoms with van der Waals surface area (Å²) in [5.41, 5.74) is 0. The second-order valence-corrected chi connectivity index (χ2v) is 5.01. The second kappa shape index (κ2) is 6.16. The highest BCUT2D eigenvalue weighted by Crippen LogP contribution is 2.15. The summed E-state index contributed by atoms with van der Waals surface area (Å²) in [7, 11) is 0. The number of nitrogens with zero attached hydrogens (tertiary/aromatic N) is 1. The molecule has 1 aliphatic rings. The highest BCUT2D eigenvalue weighted by atomic mass is 19.1. The van der Waals surface area contributed by atoms with Gasteiger partial charge in [-0.3, -0.25) is 4.90 Å². The van der Waals surface area contributed by atoms with Crippen molar-refractivity contribution in [2.75, 3.05) is 26.2 Å². The smallest absolute Gasteiger partial charge is 0.165 e. The fraction of sp³-hybridized carbons (Fsp3) is 0.571. The number of para-hydroxylation sites is 1. The van der Waals surface area contributed by atoms with E-state index in [1.807, 2.05) is 0 Å². The van der Waals surface area contributed by atoms with Crippen LogP contribution in [0.1, 0.15) is 13.8 Å². The minimum absolute atomic E-state index is 0.292. The zero-order valence-corrected chi connectivity index (χ0v) is 11.0. The van der Waals surface area contributed by atoms with E-state index in [2.05, 4.69) is 24.1 Å². The molecule has 0 aromatic heterocycles. The van der Waals surface area contributed by atoms with Crippen molar-refractivity contribution in [3.05, 3.63) is 30.1 Å². The quantitative estimate of drug-likeness (QED) is 0.885. The molecule has 0 spiro atoms. The Morgan fingerprint density at radius 3 is 2.61 bits per heavy atom. The number of rotatable bonds is 4. The van der Waals surface area contributed by atoms with Crippen molar-refractivity contribution in [2.24, 2.45) is 0 Å². The molecule has 2 rings (SSSR count). The van der Waals surface area contributed by atoms with Gasteiger partial charge in [-0.15, -0.1) is 0 Å². The molecule has 0 aliphatic carbocycles. The summed E-state index contributed by atoms with van der Waals surface area (Å²) in [6, 6.07) is 7.54. The van der Waals surface area contributed by atoms with Crippen molar-refractivity contribution in [2.45, 2.75) is 25.9 Å². The maximum Gasteiger partial charge on any atom is 0.165 e. The van der Waals surface area contributed by atoms with Crippen molar-refractivity contribution in [3.63, 3.8) is 0 Å². The van der Waals surface area contributed by atoms with E-state index >= 15 is 0 Å². The molecule has 2 unspecified atom stereocenters. The van der Waals surface area contributed by atoms with Gasteiger partial charge >= 0.3 is 0 Å². The fourth-order valence-corrected chi connectivity index (χ4v) is 2.47. The molecule has 1 saturated heterocycles. The Hall–Kier alpha value is -1.13. The molecule has 0 saturated carbocycles. The summed E-state index contributed by atoms with van der Waals surface area (Å²) in [6.45, 7) is 7.77. The summed E-state index contributed by atoms with van der Waals surface area (Å²) in [5, 5.41) is 3.48. The van der Waals surface area contributed by atoms with Crippen LogP contribution in [0.2, 0.25) is 0 Å². The molecule has 1 heterocycles. The highest BCUT2D eigenvalue weighted by Gasteiger charge is 2.20. The number of ether oxygens (including phenoxy) is 1. The van der Waals surface area contributed by atoms with Crippen LogP contribution in [0.25, 0.3) is 0 Å². The first kappa shape index (κ1) is 13.3. The minimum atomic E-state index is -0.292. The van der Waals surface area contributed by atoms with Crippen LogP contribution in [0.3, 0.4) is 0 Å². The van der Waals surface area contributed by atoms with E-state index in [0.717, 1.165) is 19.6 Å². The second-order valence-electron chi connectivity index (χ2n) is 5.01. The predicted octanol–water partition coefficient (Wildman–Crippen LogP) is 1.89. The summed E-state index contributed by atoms with van der Waals surface area (Å²) < 4.78 is 18.8. The van der Waals surface area contributed by atoms with Crippen molar-refractivity contribution < 1.29 is 9.13 Å². The molecule has 0 bridgehead atoms. The normalized spacial score (nSPS) is 25.1. The van der Waals surface area contributed by atoms with Gasteiger partial charge in [0.2, 0.25) is 0 Å². The molecular weight excluding hydrogens is 231 g/mol. The minimum Gasteiger partial charge on any atom is -0.489 e. The van der Waals surface area contributed by atoms with Crippen molar-refractivity contribution in [1.29, 1.82) is 0 Å². The topological polar surface area (TPSA) is 24.5 Å². The highest BCUT2D eigenvalue weighted by molar-refractivity contribution is 5.23. The third-order valence-electron chi connectivity index (χ3n) is 3.13. The molecule has 0 radical (unpaired) electrons. The third-order valence-corrected chi connectivity index (χ3v) is 3.13. The molecule has 1 aromatic rings. The number of hydrogen-bond acceptors (Lipinski definition) is 3. The first-order valence-electron chi connectivity index (χ1n) is 6.51. The molecule has 0 amide bonds. The van der Waals surface area contributed by atoms with Crippen LogP contribution in [0, 0.1) is 5.82 Å². The average molecular weight is 252 g/mol. The van der Waals surface area contributed by atoms with Gasteiger partial charge in [-0.25, -0.2) is 4.39 Å². The van der Waals surface area contributed by atoms with Crippen LogP contribution < -0.4 is 10.1 Å². The molecular formula is C14H21FN2O. The summed E-state index contributed by atoms with van der Waals surface area (Å²) in [5.74, 6) is 0.0493. The van der Waals surface area contributed by atoms with Crippen LogP contribution in [0.4, 0.5) is 4.39 Å². The Morgan fingerprint density at radius 2 is 1.94 bits per heavy atom. The van der Waals surface area contributed by atoms with Gasteiger partial charge in [0.05, 0.1) is 0 Å². The number of hydrogen-bond donors (Lipinski definition) is 1. The van der Waals surface area contributed by atoms with Gasteiger partial charge in [-0.1, -0.05) is 12.1 Å². The van der Waals surface area contributed by atoms with Gasteiger partial charge < -0.3 is 10.1 Å². The van der Waals surface area contributed by atoms with Crippen LogP contribution in [-0.2, 0) is 0 Å². The lowest BCUT2D eigenvalue weighted by atomic mass is 10.1. The van der Waals surface area contributed by atoms with E-state index in [4.69, 9.17) is 4.74 Å². The van der Waals surface area contributed by atoms with Gasteiger partial charge in [-0.05, 0) is 26.0 Å². The first-order chi connectivity index (χ1) is 8.65. The standard InChI is InChI=1S/C14H21FN2O/c1-11-9-17(10-12(2)16-11)7-8-18-14-6-4-3-5-13(14)15/h3-6,11-12,16H,7-10H2,1-2H3. The fourth-order valence-electron chi connectivity index (χ4n) is 2.47. The SMILES string of the molecule is CC1CN(CCOc2ccccc2F)CC(C)N1. The van der Waals surface area contributed by atoms with Crippen molar-refractivity contribution >= 4 is 0 Å². The lowest BCUT2D eigenvalue weighted by Gasteiger charge is -2.35. The molecule has 1 aromatic carbocycles.